The molecular weight excluding hydrogens is 251 g/mol. The topological polar surface area (TPSA) is 24.4 Å². The van der Waals surface area contributed by atoms with E-state index in [-0.39, 0.29) is 5.44 Å². The molecule has 15 heavy (non-hydrogen) atoms. The minimum Gasteiger partial charge on any atom is -0.306 e. The van der Waals surface area contributed by atoms with E-state index in [0.29, 0.717) is 5.54 Å². The van der Waals surface area contributed by atoms with Crippen LogP contribution < -0.4 is 5.43 Å². The lowest BCUT2D eigenvalue weighted by Crippen LogP contribution is -2.45. The Hall–Kier alpha value is -0.765. The van der Waals surface area contributed by atoms with Crippen LogP contribution in [0.25, 0.3) is 0 Å². The van der Waals surface area contributed by atoms with Gasteiger partial charge in [-0.15, -0.1) is 0 Å². The van der Waals surface area contributed by atoms with E-state index in [4.69, 9.17) is 0 Å². The maximum atomic E-state index is 4.32. The van der Waals surface area contributed by atoms with E-state index >= 15 is 0 Å². The largest absolute Gasteiger partial charge is 0.306 e. The van der Waals surface area contributed by atoms with Gasteiger partial charge in [-0.25, -0.2) is 0 Å². The lowest BCUT2D eigenvalue weighted by molar-refractivity contribution is 0.535. The van der Waals surface area contributed by atoms with Crippen molar-refractivity contribution < 1.29 is 0 Å². The van der Waals surface area contributed by atoms with Crippen molar-refractivity contribution in [3.8, 4) is 0 Å². The maximum absolute atomic E-state index is 4.32. The van der Waals surface area contributed by atoms with Gasteiger partial charge in [0.05, 0.1) is 5.44 Å². The van der Waals surface area contributed by atoms with Gasteiger partial charge in [-0.3, -0.25) is 0 Å². The molecule has 1 aliphatic rings. The van der Waals surface area contributed by atoms with Gasteiger partial charge < -0.3 is 5.43 Å². The van der Waals surface area contributed by atoms with E-state index in [1.807, 2.05) is 6.07 Å². The molecule has 0 bridgehead atoms. The standard InChI is InChI=1S/C11H14BBrN2/c1-9-8-11(12(2)13,15-14-9)10-6-4-3-5-7-10/h3-7,15H,8H2,1-2H3. The lowest BCUT2D eigenvalue weighted by atomic mass is 9.55. The van der Waals surface area contributed by atoms with E-state index in [9.17, 15) is 0 Å². The van der Waals surface area contributed by atoms with Crippen molar-refractivity contribution in [3.05, 3.63) is 35.9 Å². The maximum Gasteiger partial charge on any atom is 0.255 e. The fourth-order valence-corrected chi connectivity index (χ4v) is 2.57. The third-order valence-electron chi connectivity index (χ3n) is 2.95. The third-order valence-corrected chi connectivity index (χ3v) is 3.73. The summed E-state index contributed by atoms with van der Waals surface area (Å²) in [6.45, 7) is 4.22. The average molecular weight is 265 g/mol. The van der Waals surface area contributed by atoms with Crippen LogP contribution in [-0.4, -0.2) is 11.2 Å². The summed E-state index contributed by atoms with van der Waals surface area (Å²) >= 11 is 3.69. The van der Waals surface area contributed by atoms with Crippen LogP contribution in [0.2, 0.25) is 6.82 Å². The predicted molar refractivity (Wildman–Crippen MR) is 69.5 cm³/mol. The van der Waals surface area contributed by atoms with Crippen LogP contribution in [-0.2, 0) is 5.44 Å². The second kappa shape index (κ2) is 4.01. The summed E-state index contributed by atoms with van der Waals surface area (Å²) < 4.78 is 0. The molecule has 1 aromatic rings. The molecule has 0 saturated carbocycles. The van der Waals surface area contributed by atoms with Crippen LogP contribution in [0.15, 0.2) is 35.4 Å². The Labute approximate surface area is 99.2 Å². The normalized spacial score (nSPS) is 24.6. The van der Waals surface area contributed by atoms with E-state index in [1.165, 1.54) is 5.56 Å². The van der Waals surface area contributed by atoms with Gasteiger partial charge in [-0.2, -0.15) is 20.9 Å². The molecule has 0 spiro atoms. The molecule has 2 rings (SSSR count). The molecule has 0 amide bonds. The number of hydrogen-bond donors (Lipinski definition) is 1. The van der Waals surface area contributed by atoms with Crippen molar-refractivity contribution in [2.24, 2.45) is 5.10 Å². The highest BCUT2D eigenvalue weighted by Crippen LogP contribution is 2.34. The van der Waals surface area contributed by atoms with Gasteiger partial charge in [0, 0.05) is 12.1 Å². The van der Waals surface area contributed by atoms with Crippen molar-refractivity contribution in [1.29, 1.82) is 0 Å². The first kappa shape index (κ1) is 10.7. The highest BCUT2D eigenvalue weighted by atomic mass is 79.9. The second-order valence-electron chi connectivity index (χ2n) is 4.09. The molecule has 1 atom stereocenters. The number of nitrogens with zero attached hydrogens (tertiary/aromatic N) is 1. The first-order chi connectivity index (χ1) is 7.15. The van der Waals surface area contributed by atoms with Gasteiger partial charge >= 0.3 is 0 Å². The van der Waals surface area contributed by atoms with Gasteiger partial charge in [-0.1, -0.05) is 37.2 Å². The summed E-state index contributed by atoms with van der Waals surface area (Å²) in [6, 6.07) is 10.5. The summed E-state index contributed by atoms with van der Waals surface area (Å²) in [4.78, 5) is 0. The lowest BCUT2D eigenvalue weighted by Gasteiger charge is -2.30. The van der Waals surface area contributed by atoms with Crippen LogP contribution in [0.1, 0.15) is 18.9 Å². The number of hydrogen-bond acceptors (Lipinski definition) is 2. The highest BCUT2D eigenvalue weighted by molar-refractivity contribution is 9.24. The molecular formula is C11H14BBrN2. The molecule has 1 aliphatic heterocycles. The molecule has 0 aromatic heterocycles. The number of hydrazone groups is 1. The zero-order chi connectivity index (χ0) is 10.9. The summed E-state index contributed by atoms with van der Waals surface area (Å²) in [5.74, 6) is 0. The number of benzene rings is 1. The summed E-state index contributed by atoms with van der Waals surface area (Å²) in [6.07, 6.45) is 0.962. The third kappa shape index (κ3) is 1.83. The highest BCUT2D eigenvalue weighted by Gasteiger charge is 2.42. The first-order valence-electron chi connectivity index (χ1n) is 5.15. The van der Waals surface area contributed by atoms with Crippen LogP contribution in [0.5, 0.6) is 0 Å². The Morgan fingerprint density at radius 2 is 2.07 bits per heavy atom. The number of nitrogens with one attached hydrogen (secondary N) is 1. The zero-order valence-electron chi connectivity index (χ0n) is 9.00. The van der Waals surface area contributed by atoms with E-state index in [2.05, 4.69) is 64.3 Å². The van der Waals surface area contributed by atoms with Crippen LogP contribution in [0, 0.1) is 0 Å². The molecule has 1 N–H and O–H groups in total. The average Bonchev–Trinajstić information content (AvgIpc) is 2.63. The number of halogens is 1. The molecule has 1 unspecified atom stereocenters. The number of rotatable bonds is 2. The Kier molecular flexibility index (Phi) is 2.87. The van der Waals surface area contributed by atoms with E-state index < -0.39 is 0 Å². The Morgan fingerprint density at radius 3 is 2.53 bits per heavy atom. The van der Waals surface area contributed by atoms with Gasteiger partial charge in [0.2, 0.25) is 0 Å². The predicted octanol–water partition coefficient (Wildman–Crippen LogP) is 2.81. The molecule has 1 aromatic carbocycles. The van der Waals surface area contributed by atoms with Crippen molar-refractivity contribution in [2.75, 3.05) is 0 Å². The summed E-state index contributed by atoms with van der Waals surface area (Å²) in [5, 5.41) is 4.32. The van der Waals surface area contributed by atoms with Crippen molar-refractivity contribution >= 4 is 27.0 Å². The van der Waals surface area contributed by atoms with Gasteiger partial charge in [-0.05, 0) is 12.5 Å². The van der Waals surface area contributed by atoms with Crippen LogP contribution >= 0.6 is 15.8 Å². The monoisotopic (exact) mass is 264 g/mol. The Morgan fingerprint density at radius 1 is 1.40 bits per heavy atom. The molecule has 2 nitrogen and oxygen atoms in total. The van der Waals surface area contributed by atoms with Crippen molar-refractivity contribution in [3.63, 3.8) is 0 Å². The molecule has 0 radical (unpaired) electrons. The quantitative estimate of drug-likeness (QED) is 0.817. The minimum absolute atomic E-state index is 0.0780. The zero-order valence-corrected chi connectivity index (χ0v) is 10.6. The fraction of sp³-hybridized carbons (Fsp3) is 0.364. The molecule has 1 heterocycles. The Balaban J connectivity index is 2.38. The minimum atomic E-state index is -0.0780. The smallest absolute Gasteiger partial charge is 0.255 e. The van der Waals surface area contributed by atoms with Gasteiger partial charge in [0.15, 0.2) is 0 Å². The molecule has 78 valence electrons. The Bertz CT molecular complexity index is 377. The fourth-order valence-electron chi connectivity index (χ4n) is 2.04. The first-order valence-corrected chi connectivity index (χ1v) is 6.06. The second-order valence-corrected chi connectivity index (χ2v) is 5.46. The summed E-state index contributed by atoms with van der Waals surface area (Å²) in [5.41, 5.74) is 5.98. The van der Waals surface area contributed by atoms with Crippen molar-refractivity contribution in [1.82, 2.24) is 5.43 Å². The van der Waals surface area contributed by atoms with Gasteiger partial charge in [0.1, 0.15) is 0 Å². The SMILES string of the molecule is CB(Br)C1(c2ccccc2)CC(C)=NN1. The van der Waals surface area contributed by atoms with Crippen LogP contribution in [0.3, 0.4) is 0 Å². The van der Waals surface area contributed by atoms with Gasteiger partial charge in [0.25, 0.3) is 5.54 Å². The molecule has 4 heteroatoms. The molecule has 0 aliphatic carbocycles. The molecule has 0 fully saturated rings. The van der Waals surface area contributed by atoms with E-state index in [1.54, 1.807) is 0 Å². The van der Waals surface area contributed by atoms with Crippen LogP contribution in [0.4, 0.5) is 0 Å². The van der Waals surface area contributed by atoms with Crippen molar-refractivity contribution in [2.45, 2.75) is 25.6 Å². The summed E-state index contributed by atoms with van der Waals surface area (Å²) in [7, 11) is 0. The van der Waals surface area contributed by atoms with E-state index in [0.717, 1.165) is 12.1 Å². The molecule has 0 saturated heterocycles.